The van der Waals surface area contributed by atoms with E-state index in [1.165, 1.54) is 6.08 Å². The number of esters is 1. The Hall–Kier alpha value is -2.36. The van der Waals surface area contributed by atoms with E-state index in [0.29, 0.717) is 17.5 Å². The topological polar surface area (TPSA) is 63.6 Å². The van der Waals surface area contributed by atoms with E-state index in [9.17, 15) is 9.59 Å². The molecule has 4 heteroatoms. The molecule has 0 atom stereocenters. The van der Waals surface area contributed by atoms with Crippen molar-refractivity contribution in [1.82, 2.24) is 0 Å². The lowest BCUT2D eigenvalue weighted by Gasteiger charge is -2.21. The largest absolute Gasteiger partial charge is 0.478 e. The van der Waals surface area contributed by atoms with Crippen molar-refractivity contribution in [2.45, 2.75) is 32.8 Å². The monoisotopic (exact) mass is 288 g/mol. The summed E-state index contributed by atoms with van der Waals surface area (Å²) in [5.41, 5.74) is 1.33. The summed E-state index contributed by atoms with van der Waals surface area (Å²) in [5.74, 6) is -1.45. The van der Waals surface area contributed by atoms with Crippen LogP contribution in [-0.4, -0.2) is 22.6 Å². The molecule has 0 saturated carbocycles. The first-order valence-corrected chi connectivity index (χ1v) is 6.61. The van der Waals surface area contributed by atoms with Crippen LogP contribution in [0.5, 0.6) is 0 Å². The van der Waals surface area contributed by atoms with Gasteiger partial charge in [-0.3, -0.25) is 0 Å². The van der Waals surface area contributed by atoms with Crippen LogP contribution in [0.2, 0.25) is 0 Å². The zero-order chi connectivity index (χ0) is 16.0. The van der Waals surface area contributed by atoms with Gasteiger partial charge in [0.2, 0.25) is 0 Å². The second kappa shape index (κ2) is 6.88. The van der Waals surface area contributed by atoms with Crippen molar-refractivity contribution in [2.24, 2.45) is 0 Å². The first kappa shape index (κ1) is 16.7. The highest BCUT2D eigenvalue weighted by atomic mass is 16.6. The lowest BCUT2D eigenvalue weighted by atomic mass is 9.97. The fourth-order valence-corrected chi connectivity index (χ4v) is 1.83. The minimum Gasteiger partial charge on any atom is -0.478 e. The molecule has 0 amide bonds. The number of aliphatic carboxylic acids is 1. The highest BCUT2D eigenvalue weighted by Crippen LogP contribution is 2.21. The molecule has 1 aromatic carbocycles. The van der Waals surface area contributed by atoms with Gasteiger partial charge in [0.1, 0.15) is 5.60 Å². The predicted octanol–water partition coefficient (Wildman–Crippen LogP) is 3.47. The van der Waals surface area contributed by atoms with Gasteiger partial charge in [0.15, 0.2) is 0 Å². The Labute approximate surface area is 124 Å². The van der Waals surface area contributed by atoms with E-state index in [0.717, 1.165) is 11.6 Å². The molecule has 4 nitrogen and oxygen atoms in total. The molecule has 0 aliphatic rings. The van der Waals surface area contributed by atoms with Crippen LogP contribution in [0.1, 0.15) is 42.3 Å². The van der Waals surface area contributed by atoms with E-state index in [-0.39, 0.29) is 0 Å². The minimum absolute atomic E-state index is 0.322. The molecule has 112 valence electrons. The zero-order valence-electron chi connectivity index (χ0n) is 12.6. The maximum absolute atomic E-state index is 12.2. The summed E-state index contributed by atoms with van der Waals surface area (Å²) in [6.07, 6.45) is 4.51. The lowest BCUT2D eigenvalue weighted by molar-refractivity contribution is -0.131. The average Bonchev–Trinajstić information content (AvgIpc) is 2.36. The van der Waals surface area contributed by atoms with E-state index in [2.05, 4.69) is 6.58 Å². The van der Waals surface area contributed by atoms with Gasteiger partial charge in [-0.05, 0) is 44.4 Å². The molecule has 0 heterocycles. The van der Waals surface area contributed by atoms with Gasteiger partial charge in [0.25, 0.3) is 0 Å². The number of hydrogen-bond donors (Lipinski definition) is 1. The zero-order valence-corrected chi connectivity index (χ0v) is 12.6. The van der Waals surface area contributed by atoms with Crippen molar-refractivity contribution in [3.63, 3.8) is 0 Å². The third kappa shape index (κ3) is 5.26. The summed E-state index contributed by atoms with van der Waals surface area (Å²) in [5, 5.41) is 8.65. The van der Waals surface area contributed by atoms with Crippen LogP contribution < -0.4 is 0 Å². The second-order valence-electron chi connectivity index (χ2n) is 5.52. The third-order valence-corrected chi connectivity index (χ3v) is 2.63. The summed E-state index contributed by atoms with van der Waals surface area (Å²) in [6, 6.07) is 5.25. The van der Waals surface area contributed by atoms with Gasteiger partial charge in [-0.15, -0.1) is 0 Å². The van der Waals surface area contributed by atoms with E-state index in [4.69, 9.17) is 9.84 Å². The van der Waals surface area contributed by atoms with Gasteiger partial charge >= 0.3 is 11.9 Å². The van der Waals surface area contributed by atoms with Crippen molar-refractivity contribution in [3.05, 3.63) is 53.6 Å². The first-order valence-electron chi connectivity index (χ1n) is 6.61. The molecule has 0 bridgehead atoms. The van der Waals surface area contributed by atoms with Crippen LogP contribution in [0.3, 0.4) is 0 Å². The standard InChI is InChI=1S/C17H20O4/c1-5-12-8-6-10-14(16(20)21-17(2,3)4)13(12)9-7-11-15(18)19/h5-8,10-11H,1,9H2,2-4H3,(H,18,19)/b11-7+. The molecule has 1 N–H and O–H groups in total. The first-order chi connectivity index (χ1) is 9.74. The summed E-state index contributed by atoms with van der Waals surface area (Å²) in [6.45, 7) is 9.11. The van der Waals surface area contributed by atoms with Gasteiger partial charge in [-0.2, -0.15) is 0 Å². The third-order valence-electron chi connectivity index (χ3n) is 2.63. The molecular formula is C17H20O4. The Morgan fingerprint density at radius 2 is 2.00 bits per heavy atom. The van der Waals surface area contributed by atoms with Gasteiger partial charge in [0.05, 0.1) is 5.56 Å². The molecule has 1 rings (SSSR count). The Kier molecular flexibility index (Phi) is 5.47. The molecule has 0 aliphatic heterocycles. The lowest BCUT2D eigenvalue weighted by Crippen LogP contribution is -2.24. The molecule has 0 fully saturated rings. The van der Waals surface area contributed by atoms with Crippen LogP contribution in [0.15, 0.2) is 36.9 Å². The Morgan fingerprint density at radius 3 is 2.52 bits per heavy atom. The number of allylic oxidation sites excluding steroid dienone is 1. The van der Waals surface area contributed by atoms with Gasteiger partial charge in [0, 0.05) is 6.08 Å². The van der Waals surface area contributed by atoms with E-state index < -0.39 is 17.5 Å². The van der Waals surface area contributed by atoms with Crippen molar-refractivity contribution in [2.75, 3.05) is 0 Å². The molecule has 1 aromatic rings. The molecule has 0 aromatic heterocycles. The molecule has 0 radical (unpaired) electrons. The molecule has 0 saturated heterocycles. The number of carbonyl (C=O) groups excluding carboxylic acids is 1. The van der Waals surface area contributed by atoms with Gasteiger partial charge in [-0.1, -0.05) is 30.9 Å². The van der Waals surface area contributed by atoms with Crippen LogP contribution >= 0.6 is 0 Å². The number of rotatable bonds is 5. The Balaban J connectivity index is 3.16. The predicted molar refractivity (Wildman–Crippen MR) is 82.2 cm³/mol. The quantitative estimate of drug-likeness (QED) is 0.665. The SMILES string of the molecule is C=Cc1cccc(C(=O)OC(C)(C)C)c1C/C=C/C(=O)O. The minimum atomic E-state index is -1.02. The maximum Gasteiger partial charge on any atom is 0.338 e. The highest BCUT2D eigenvalue weighted by Gasteiger charge is 2.20. The fraction of sp³-hybridized carbons (Fsp3) is 0.294. The molecular weight excluding hydrogens is 268 g/mol. The van der Waals surface area contributed by atoms with Crippen molar-refractivity contribution in [1.29, 1.82) is 0 Å². The van der Waals surface area contributed by atoms with Crippen molar-refractivity contribution >= 4 is 18.0 Å². The smallest absolute Gasteiger partial charge is 0.338 e. The maximum atomic E-state index is 12.2. The number of carboxylic acid groups (broad SMARTS) is 1. The normalized spacial score (nSPS) is 11.4. The van der Waals surface area contributed by atoms with Crippen LogP contribution in [0.4, 0.5) is 0 Å². The molecule has 0 spiro atoms. The Morgan fingerprint density at radius 1 is 1.33 bits per heavy atom. The number of ether oxygens (including phenoxy) is 1. The van der Waals surface area contributed by atoms with Crippen LogP contribution in [0.25, 0.3) is 6.08 Å². The number of carbonyl (C=O) groups is 2. The van der Waals surface area contributed by atoms with Crippen LogP contribution in [0, 0.1) is 0 Å². The molecule has 21 heavy (non-hydrogen) atoms. The van der Waals surface area contributed by atoms with Gasteiger partial charge < -0.3 is 9.84 Å². The van der Waals surface area contributed by atoms with Crippen molar-refractivity contribution < 1.29 is 19.4 Å². The van der Waals surface area contributed by atoms with E-state index in [1.54, 1.807) is 39.0 Å². The summed E-state index contributed by atoms with van der Waals surface area (Å²) in [7, 11) is 0. The van der Waals surface area contributed by atoms with Crippen molar-refractivity contribution in [3.8, 4) is 0 Å². The summed E-state index contributed by atoms with van der Waals surface area (Å²) >= 11 is 0. The van der Waals surface area contributed by atoms with Gasteiger partial charge in [-0.25, -0.2) is 9.59 Å². The number of carboxylic acids is 1. The van der Waals surface area contributed by atoms with E-state index >= 15 is 0 Å². The Bertz CT molecular complexity index is 577. The fourth-order valence-electron chi connectivity index (χ4n) is 1.83. The average molecular weight is 288 g/mol. The summed E-state index contributed by atoms with van der Waals surface area (Å²) in [4.78, 5) is 22.8. The molecule has 0 unspecified atom stereocenters. The number of benzene rings is 1. The van der Waals surface area contributed by atoms with E-state index in [1.807, 2.05) is 6.07 Å². The summed E-state index contributed by atoms with van der Waals surface area (Å²) < 4.78 is 5.38. The second-order valence-corrected chi connectivity index (χ2v) is 5.52. The highest BCUT2D eigenvalue weighted by molar-refractivity contribution is 5.92. The molecule has 0 aliphatic carbocycles. The van der Waals surface area contributed by atoms with Crippen LogP contribution in [-0.2, 0) is 16.0 Å². The number of hydrogen-bond acceptors (Lipinski definition) is 3.